The topological polar surface area (TPSA) is 40.7 Å². The van der Waals surface area contributed by atoms with Gasteiger partial charge in [0.25, 0.3) is 0 Å². The fourth-order valence-corrected chi connectivity index (χ4v) is 2.90. The first-order valence-electron chi connectivity index (χ1n) is 7.61. The van der Waals surface area contributed by atoms with Crippen LogP contribution in [-0.4, -0.2) is 16.5 Å². The molecule has 2 N–H and O–H groups in total. The van der Waals surface area contributed by atoms with E-state index in [1.165, 1.54) is 36.8 Å². The number of hydrogen-bond donors (Lipinski definition) is 2. The smallest absolute Gasteiger partial charge is 0.124 e. The Labute approximate surface area is 120 Å². The first-order valence-corrected chi connectivity index (χ1v) is 7.61. The maximum absolute atomic E-state index is 4.86. The molecule has 0 saturated carbocycles. The predicted molar refractivity (Wildman–Crippen MR) is 82.7 cm³/mol. The van der Waals surface area contributed by atoms with E-state index in [9.17, 15) is 0 Å². The highest BCUT2D eigenvalue weighted by atomic mass is 15.0. The third-order valence-corrected chi connectivity index (χ3v) is 4.12. The summed E-state index contributed by atoms with van der Waals surface area (Å²) in [6, 6.07) is 8.99. The number of rotatable bonds is 2. The second kappa shape index (κ2) is 5.80. The van der Waals surface area contributed by atoms with E-state index in [0.29, 0.717) is 6.04 Å². The van der Waals surface area contributed by atoms with Crippen molar-refractivity contribution in [2.45, 2.75) is 45.6 Å². The highest BCUT2D eigenvalue weighted by Crippen LogP contribution is 2.26. The van der Waals surface area contributed by atoms with Crippen molar-refractivity contribution in [1.82, 2.24) is 15.3 Å². The molecule has 1 unspecified atom stereocenters. The van der Waals surface area contributed by atoms with Crippen LogP contribution in [0.5, 0.6) is 0 Å². The van der Waals surface area contributed by atoms with E-state index in [2.05, 4.69) is 48.4 Å². The maximum atomic E-state index is 4.86. The molecule has 1 aromatic carbocycles. The van der Waals surface area contributed by atoms with E-state index in [4.69, 9.17) is 4.98 Å². The lowest BCUT2D eigenvalue weighted by atomic mass is 10.1. The Kier molecular flexibility index (Phi) is 3.88. The molecule has 1 atom stereocenters. The van der Waals surface area contributed by atoms with Crippen molar-refractivity contribution in [1.29, 1.82) is 0 Å². The lowest BCUT2D eigenvalue weighted by Crippen LogP contribution is -2.21. The summed E-state index contributed by atoms with van der Waals surface area (Å²) in [7, 11) is 0. The van der Waals surface area contributed by atoms with Crippen molar-refractivity contribution in [2.75, 3.05) is 6.54 Å². The first-order chi connectivity index (χ1) is 9.74. The van der Waals surface area contributed by atoms with Crippen LogP contribution < -0.4 is 5.32 Å². The maximum Gasteiger partial charge on any atom is 0.124 e. The van der Waals surface area contributed by atoms with E-state index in [0.717, 1.165) is 23.8 Å². The van der Waals surface area contributed by atoms with Gasteiger partial charge in [-0.25, -0.2) is 4.98 Å². The van der Waals surface area contributed by atoms with Gasteiger partial charge in [0.1, 0.15) is 5.82 Å². The van der Waals surface area contributed by atoms with E-state index in [1.54, 1.807) is 0 Å². The summed E-state index contributed by atoms with van der Waals surface area (Å²) >= 11 is 0. The summed E-state index contributed by atoms with van der Waals surface area (Å²) in [5.74, 6) is 1.10. The molecule has 1 saturated heterocycles. The summed E-state index contributed by atoms with van der Waals surface area (Å²) in [5, 5.41) is 3.61. The second-order valence-corrected chi connectivity index (χ2v) is 5.82. The zero-order chi connectivity index (χ0) is 13.9. The summed E-state index contributed by atoms with van der Waals surface area (Å²) in [6.45, 7) is 5.33. The molecule has 3 nitrogen and oxygen atoms in total. The number of aromatic amines is 1. The molecule has 2 heterocycles. The fourth-order valence-electron chi connectivity index (χ4n) is 2.90. The molecule has 106 valence electrons. The van der Waals surface area contributed by atoms with Crippen LogP contribution >= 0.6 is 0 Å². The Morgan fingerprint density at radius 2 is 1.85 bits per heavy atom. The Morgan fingerprint density at radius 3 is 2.65 bits per heavy atom. The van der Waals surface area contributed by atoms with Crippen LogP contribution in [0, 0.1) is 13.8 Å². The lowest BCUT2D eigenvalue weighted by Gasteiger charge is -2.12. The number of aryl methyl sites for hydroxylation is 2. The molecule has 0 aliphatic carbocycles. The second-order valence-electron chi connectivity index (χ2n) is 5.82. The van der Waals surface area contributed by atoms with E-state index in [1.807, 2.05) is 0 Å². The number of benzene rings is 1. The SMILES string of the molecule is Cc1ccc(-c2nc(C3CCCCCN3)[nH]c2C)cc1. The van der Waals surface area contributed by atoms with Crippen molar-refractivity contribution in [2.24, 2.45) is 0 Å². The molecule has 3 heteroatoms. The van der Waals surface area contributed by atoms with Crippen LogP contribution in [0.3, 0.4) is 0 Å². The van der Waals surface area contributed by atoms with Gasteiger partial charge in [0.05, 0.1) is 11.7 Å². The first kappa shape index (κ1) is 13.4. The molecule has 1 aromatic heterocycles. The van der Waals surface area contributed by atoms with Gasteiger partial charge in [-0.05, 0) is 33.2 Å². The predicted octanol–water partition coefficient (Wildman–Crippen LogP) is 3.90. The largest absolute Gasteiger partial charge is 0.344 e. The van der Waals surface area contributed by atoms with Gasteiger partial charge in [0.2, 0.25) is 0 Å². The molecule has 1 aliphatic rings. The van der Waals surface area contributed by atoms with Gasteiger partial charge in [0, 0.05) is 11.3 Å². The van der Waals surface area contributed by atoms with Crippen molar-refractivity contribution in [3.8, 4) is 11.3 Å². The molecule has 1 fully saturated rings. The van der Waals surface area contributed by atoms with Crippen molar-refractivity contribution in [3.63, 3.8) is 0 Å². The lowest BCUT2D eigenvalue weighted by molar-refractivity contribution is 0.511. The van der Waals surface area contributed by atoms with Crippen LogP contribution in [0.1, 0.15) is 48.8 Å². The van der Waals surface area contributed by atoms with Gasteiger partial charge in [-0.2, -0.15) is 0 Å². The molecular weight excluding hydrogens is 246 g/mol. The Morgan fingerprint density at radius 1 is 1.05 bits per heavy atom. The number of nitrogens with one attached hydrogen (secondary N) is 2. The van der Waals surface area contributed by atoms with Crippen LogP contribution in [0.4, 0.5) is 0 Å². The zero-order valence-electron chi connectivity index (χ0n) is 12.4. The molecule has 20 heavy (non-hydrogen) atoms. The van der Waals surface area contributed by atoms with E-state index in [-0.39, 0.29) is 0 Å². The number of H-pyrrole nitrogens is 1. The summed E-state index contributed by atoms with van der Waals surface area (Å²) in [6.07, 6.45) is 5.08. The molecule has 0 radical (unpaired) electrons. The Bertz CT molecular complexity index is 560. The standard InChI is InChI=1S/C17H23N3/c1-12-7-9-14(10-8-12)16-13(2)19-17(20-16)15-6-4-3-5-11-18-15/h7-10,15,18H,3-6,11H2,1-2H3,(H,19,20). The summed E-state index contributed by atoms with van der Waals surface area (Å²) in [5.41, 5.74) is 4.73. The average molecular weight is 269 g/mol. The molecule has 3 rings (SSSR count). The van der Waals surface area contributed by atoms with Gasteiger partial charge in [-0.1, -0.05) is 42.7 Å². The molecular formula is C17H23N3. The van der Waals surface area contributed by atoms with Gasteiger partial charge in [0.15, 0.2) is 0 Å². The van der Waals surface area contributed by atoms with Crippen LogP contribution in [0.25, 0.3) is 11.3 Å². The van der Waals surface area contributed by atoms with Crippen molar-refractivity contribution in [3.05, 3.63) is 41.3 Å². The molecule has 0 bridgehead atoms. The molecule has 0 amide bonds. The minimum absolute atomic E-state index is 0.385. The van der Waals surface area contributed by atoms with E-state index < -0.39 is 0 Å². The van der Waals surface area contributed by atoms with Crippen molar-refractivity contribution >= 4 is 0 Å². The minimum atomic E-state index is 0.385. The molecule has 1 aliphatic heterocycles. The van der Waals surface area contributed by atoms with Gasteiger partial charge < -0.3 is 10.3 Å². The highest BCUT2D eigenvalue weighted by molar-refractivity contribution is 5.62. The van der Waals surface area contributed by atoms with Crippen molar-refractivity contribution < 1.29 is 0 Å². The normalized spacial score (nSPS) is 19.8. The Balaban J connectivity index is 1.88. The summed E-state index contributed by atoms with van der Waals surface area (Å²) in [4.78, 5) is 8.34. The minimum Gasteiger partial charge on any atom is -0.344 e. The monoisotopic (exact) mass is 269 g/mol. The van der Waals surface area contributed by atoms with Gasteiger partial charge in [-0.15, -0.1) is 0 Å². The molecule has 2 aromatic rings. The van der Waals surface area contributed by atoms with E-state index >= 15 is 0 Å². The number of hydrogen-bond acceptors (Lipinski definition) is 2. The highest BCUT2D eigenvalue weighted by Gasteiger charge is 2.18. The number of aromatic nitrogens is 2. The quantitative estimate of drug-likeness (QED) is 0.868. The van der Waals surface area contributed by atoms with Crippen LogP contribution in [0.2, 0.25) is 0 Å². The Hall–Kier alpha value is -1.61. The zero-order valence-corrected chi connectivity index (χ0v) is 12.4. The number of imidazole rings is 1. The third-order valence-electron chi connectivity index (χ3n) is 4.12. The summed E-state index contributed by atoms with van der Waals surface area (Å²) < 4.78 is 0. The molecule has 0 spiro atoms. The van der Waals surface area contributed by atoms with Gasteiger partial charge >= 0.3 is 0 Å². The third kappa shape index (κ3) is 2.78. The number of nitrogens with zero attached hydrogens (tertiary/aromatic N) is 1. The van der Waals surface area contributed by atoms with Crippen LogP contribution in [-0.2, 0) is 0 Å². The van der Waals surface area contributed by atoms with Gasteiger partial charge in [-0.3, -0.25) is 0 Å². The average Bonchev–Trinajstić information content (AvgIpc) is 2.66. The fraction of sp³-hybridized carbons (Fsp3) is 0.471. The van der Waals surface area contributed by atoms with Crippen LogP contribution in [0.15, 0.2) is 24.3 Å².